The molecule has 1 N–H and O–H groups in total. The van der Waals surface area contributed by atoms with E-state index in [-0.39, 0.29) is 5.91 Å². The quantitative estimate of drug-likeness (QED) is 0.819. The van der Waals surface area contributed by atoms with E-state index in [4.69, 9.17) is 0 Å². The molecule has 1 heterocycles. The second-order valence-corrected chi connectivity index (χ2v) is 4.51. The fourth-order valence-electron chi connectivity index (χ4n) is 1.35. The molecule has 0 aliphatic rings. The molecule has 4 heteroatoms. The molecular formula is C11H19N3O. The predicted molar refractivity (Wildman–Crippen MR) is 59.7 cm³/mol. The normalized spacial score (nSPS) is 11.9. The summed E-state index contributed by atoms with van der Waals surface area (Å²) in [6, 6.07) is 0. The Morgan fingerprint density at radius 2 is 2.13 bits per heavy atom. The van der Waals surface area contributed by atoms with Crippen molar-refractivity contribution in [3.05, 3.63) is 18.0 Å². The predicted octanol–water partition coefficient (Wildman–Crippen LogP) is 1.49. The lowest BCUT2D eigenvalue weighted by Crippen LogP contribution is -2.43. The molecule has 0 saturated heterocycles. The average molecular weight is 209 g/mol. The summed E-state index contributed by atoms with van der Waals surface area (Å²) >= 11 is 0. The van der Waals surface area contributed by atoms with E-state index in [0.717, 1.165) is 5.56 Å². The van der Waals surface area contributed by atoms with Crippen LogP contribution in [-0.2, 0) is 10.3 Å². The van der Waals surface area contributed by atoms with E-state index >= 15 is 0 Å². The van der Waals surface area contributed by atoms with Gasteiger partial charge in [0, 0.05) is 13.2 Å². The molecule has 1 amide bonds. The Hall–Kier alpha value is -1.32. The summed E-state index contributed by atoms with van der Waals surface area (Å²) < 4.78 is 1.71. The lowest BCUT2D eigenvalue weighted by Gasteiger charge is -2.23. The van der Waals surface area contributed by atoms with Crippen molar-refractivity contribution in [1.29, 1.82) is 0 Å². The van der Waals surface area contributed by atoms with Gasteiger partial charge in [0.2, 0.25) is 5.91 Å². The molecular weight excluding hydrogens is 190 g/mol. The standard InChI is InChI=1S/C11H19N3O/c1-8(2)9-6-13-14(7-9)11(3,4)10(15)12-5/h6-8H,1-5H3,(H,12,15). The molecule has 0 radical (unpaired) electrons. The highest BCUT2D eigenvalue weighted by atomic mass is 16.2. The molecule has 15 heavy (non-hydrogen) atoms. The Labute approximate surface area is 90.7 Å². The van der Waals surface area contributed by atoms with Gasteiger partial charge < -0.3 is 5.32 Å². The minimum absolute atomic E-state index is 0.0408. The zero-order valence-electron chi connectivity index (χ0n) is 10.0. The highest BCUT2D eigenvalue weighted by Crippen LogP contribution is 2.19. The Morgan fingerprint density at radius 3 is 2.53 bits per heavy atom. The van der Waals surface area contributed by atoms with Gasteiger partial charge in [0.1, 0.15) is 5.54 Å². The topological polar surface area (TPSA) is 46.9 Å². The van der Waals surface area contributed by atoms with E-state index in [1.807, 2.05) is 26.2 Å². The van der Waals surface area contributed by atoms with Crippen LogP contribution < -0.4 is 5.32 Å². The highest BCUT2D eigenvalue weighted by molar-refractivity contribution is 5.83. The molecule has 1 rings (SSSR count). The van der Waals surface area contributed by atoms with Gasteiger partial charge in [-0.25, -0.2) is 0 Å². The fourth-order valence-corrected chi connectivity index (χ4v) is 1.35. The number of amides is 1. The fraction of sp³-hybridized carbons (Fsp3) is 0.636. The minimum atomic E-state index is -0.637. The van der Waals surface area contributed by atoms with Crippen LogP contribution in [0.3, 0.4) is 0 Å². The van der Waals surface area contributed by atoms with Gasteiger partial charge in [-0.2, -0.15) is 5.10 Å². The summed E-state index contributed by atoms with van der Waals surface area (Å²) in [5, 5.41) is 6.88. The largest absolute Gasteiger partial charge is 0.357 e. The molecule has 4 nitrogen and oxygen atoms in total. The summed E-state index contributed by atoms with van der Waals surface area (Å²) in [6.07, 6.45) is 3.75. The number of carbonyl (C=O) groups is 1. The third-order valence-corrected chi connectivity index (χ3v) is 2.62. The van der Waals surface area contributed by atoms with Gasteiger partial charge in [-0.1, -0.05) is 13.8 Å². The van der Waals surface area contributed by atoms with Crippen LogP contribution >= 0.6 is 0 Å². The zero-order chi connectivity index (χ0) is 11.6. The van der Waals surface area contributed by atoms with Crippen LogP contribution in [0, 0.1) is 0 Å². The smallest absolute Gasteiger partial charge is 0.247 e. The SMILES string of the molecule is CNC(=O)C(C)(C)n1cc(C(C)C)cn1. The number of nitrogens with one attached hydrogen (secondary N) is 1. The lowest BCUT2D eigenvalue weighted by atomic mass is 10.0. The van der Waals surface area contributed by atoms with Crippen molar-refractivity contribution in [3.8, 4) is 0 Å². The van der Waals surface area contributed by atoms with Gasteiger partial charge in [-0.3, -0.25) is 9.48 Å². The maximum atomic E-state index is 11.6. The maximum Gasteiger partial charge on any atom is 0.247 e. The van der Waals surface area contributed by atoms with Crippen molar-refractivity contribution < 1.29 is 4.79 Å². The van der Waals surface area contributed by atoms with E-state index in [0.29, 0.717) is 5.92 Å². The molecule has 0 spiro atoms. The highest BCUT2D eigenvalue weighted by Gasteiger charge is 2.29. The molecule has 1 aromatic rings. The van der Waals surface area contributed by atoms with Gasteiger partial charge in [0.05, 0.1) is 6.20 Å². The number of likely N-dealkylation sites (N-methyl/N-ethyl adjacent to an activating group) is 1. The van der Waals surface area contributed by atoms with Crippen molar-refractivity contribution in [2.24, 2.45) is 0 Å². The molecule has 0 aliphatic carbocycles. The van der Waals surface area contributed by atoms with Crippen molar-refractivity contribution in [1.82, 2.24) is 15.1 Å². The molecule has 0 aliphatic heterocycles. The number of nitrogens with zero attached hydrogens (tertiary/aromatic N) is 2. The van der Waals surface area contributed by atoms with Gasteiger partial charge in [-0.15, -0.1) is 0 Å². The number of rotatable bonds is 3. The number of carbonyl (C=O) groups excluding carboxylic acids is 1. The molecule has 0 saturated carbocycles. The summed E-state index contributed by atoms with van der Waals surface area (Å²) in [6.45, 7) is 7.91. The molecule has 0 atom stereocenters. The van der Waals surface area contributed by atoms with E-state index < -0.39 is 5.54 Å². The third-order valence-electron chi connectivity index (χ3n) is 2.62. The summed E-state index contributed by atoms with van der Waals surface area (Å²) in [5.41, 5.74) is 0.508. The first-order chi connectivity index (χ1) is 6.89. The third kappa shape index (κ3) is 2.19. The van der Waals surface area contributed by atoms with Crippen LogP contribution in [0.4, 0.5) is 0 Å². The van der Waals surface area contributed by atoms with Crippen LogP contribution in [0.5, 0.6) is 0 Å². The molecule has 0 unspecified atom stereocenters. The van der Waals surface area contributed by atoms with Crippen LogP contribution in [0.25, 0.3) is 0 Å². The second-order valence-electron chi connectivity index (χ2n) is 4.51. The Balaban J connectivity index is 3.00. The number of aromatic nitrogens is 2. The first-order valence-electron chi connectivity index (χ1n) is 5.16. The van der Waals surface area contributed by atoms with E-state index in [1.165, 1.54) is 0 Å². The molecule has 84 valence electrons. The zero-order valence-corrected chi connectivity index (χ0v) is 10.0. The van der Waals surface area contributed by atoms with Gasteiger partial charge >= 0.3 is 0 Å². The molecule has 1 aromatic heterocycles. The van der Waals surface area contributed by atoms with Crippen LogP contribution in [0.1, 0.15) is 39.2 Å². The molecule has 0 fully saturated rings. The first kappa shape index (κ1) is 11.8. The molecule has 0 aromatic carbocycles. The van der Waals surface area contributed by atoms with Crippen LogP contribution in [0.2, 0.25) is 0 Å². The van der Waals surface area contributed by atoms with E-state index in [9.17, 15) is 4.79 Å². The Kier molecular flexibility index (Phi) is 3.17. The Bertz CT molecular complexity index is 352. The second kappa shape index (κ2) is 4.04. The van der Waals surface area contributed by atoms with E-state index in [2.05, 4.69) is 24.3 Å². The molecule has 0 bridgehead atoms. The monoisotopic (exact) mass is 209 g/mol. The van der Waals surface area contributed by atoms with E-state index in [1.54, 1.807) is 11.7 Å². The van der Waals surface area contributed by atoms with Crippen LogP contribution in [0.15, 0.2) is 12.4 Å². The number of hydrogen-bond donors (Lipinski definition) is 1. The first-order valence-corrected chi connectivity index (χ1v) is 5.16. The summed E-state index contributed by atoms with van der Waals surface area (Å²) in [4.78, 5) is 11.6. The van der Waals surface area contributed by atoms with Gasteiger partial charge in [0.25, 0.3) is 0 Å². The van der Waals surface area contributed by atoms with Crippen molar-refractivity contribution in [2.45, 2.75) is 39.2 Å². The minimum Gasteiger partial charge on any atom is -0.357 e. The lowest BCUT2D eigenvalue weighted by molar-refractivity contribution is -0.128. The summed E-state index contributed by atoms with van der Waals surface area (Å²) in [7, 11) is 1.64. The van der Waals surface area contributed by atoms with Crippen molar-refractivity contribution in [3.63, 3.8) is 0 Å². The van der Waals surface area contributed by atoms with Gasteiger partial charge in [0.15, 0.2) is 0 Å². The van der Waals surface area contributed by atoms with Gasteiger partial charge in [-0.05, 0) is 25.3 Å². The van der Waals surface area contributed by atoms with Crippen molar-refractivity contribution >= 4 is 5.91 Å². The summed E-state index contributed by atoms with van der Waals surface area (Å²) in [5.74, 6) is 0.389. The Morgan fingerprint density at radius 1 is 1.53 bits per heavy atom. The number of hydrogen-bond acceptors (Lipinski definition) is 2. The van der Waals surface area contributed by atoms with Crippen molar-refractivity contribution in [2.75, 3.05) is 7.05 Å². The van der Waals surface area contributed by atoms with Crippen LogP contribution in [-0.4, -0.2) is 22.7 Å². The maximum absolute atomic E-state index is 11.6. The average Bonchev–Trinajstić information content (AvgIpc) is 2.65.